The molecule has 1 aliphatic rings. The first-order chi connectivity index (χ1) is 14.2. The van der Waals surface area contributed by atoms with Gasteiger partial charge in [-0.25, -0.2) is 4.79 Å². The minimum atomic E-state index is -0.752. The van der Waals surface area contributed by atoms with Crippen LogP contribution in [0, 0.1) is 19.3 Å². The lowest BCUT2D eigenvalue weighted by Crippen LogP contribution is -2.33. The lowest BCUT2D eigenvalue weighted by atomic mass is 9.71. The first kappa shape index (κ1) is 22.0. The number of hydrogen-bond acceptors (Lipinski definition) is 4. The van der Waals surface area contributed by atoms with E-state index in [0.717, 1.165) is 64.1 Å². The molecule has 0 spiro atoms. The Morgan fingerprint density at radius 1 is 1.17 bits per heavy atom. The van der Waals surface area contributed by atoms with Crippen LogP contribution in [0.15, 0.2) is 24.3 Å². The summed E-state index contributed by atoms with van der Waals surface area (Å²) in [6.07, 6.45) is 1.65. The highest BCUT2D eigenvalue weighted by atomic mass is 16.6. The number of rotatable bonds is 6. The van der Waals surface area contributed by atoms with E-state index in [0.29, 0.717) is 6.61 Å². The zero-order chi connectivity index (χ0) is 22.1. The molecular formula is C25H33NO4. The average Bonchev–Trinajstić information content (AvgIpc) is 2.68. The summed E-state index contributed by atoms with van der Waals surface area (Å²) in [5, 5.41) is 0. The standard InChI is InChI=1S/C25H33NO4/c1-7-10-29-22-15(2)11-18(12-16(22)3)19-13-17-8-9-25(4,5)23(30-24(26)27)20(17)14-21(19)28-6/h11-14,23H,7-10H2,1-6H3,(H2,26,27). The minimum absolute atomic E-state index is 0.194. The second-order valence-corrected chi connectivity index (χ2v) is 8.84. The molecule has 0 bridgehead atoms. The lowest BCUT2D eigenvalue weighted by Gasteiger charge is -2.39. The number of hydrogen-bond donors (Lipinski definition) is 1. The summed E-state index contributed by atoms with van der Waals surface area (Å²) in [5.74, 6) is 1.71. The topological polar surface area (TPSA) is 70.8 Å². The molecule has 1 amide bonds. The number of benzene rings is 2. The molecule has 1 unspecified atom stereocenters. The monoisotopic (exact) mass is 411 g/mol. The molecule has 0 heterocycles. The van der Waals surface area contributed by atoms with Crippen LogP contribution in [0.3, 0.4) is 0 Å². The first-order valence-electron chi connectivity index (χ1n) is 10.6. The van der Waals surface area contributed by atoms with Crippen molar-refractivity contribution in [3.05, 3.63) is 46.5 Å². The van der Waals surface area contributed by atoms with Gasteiger partial charge in [-0.3, -0.25) is 0 Å². The van der Waals surface area contributed by atoms with Crippen molar-refractivity contribution in [2.24, 2.45) is 11.1 Å². The van der Waals surface area contributed by atoms with Crippen molar-refractivity contribution < 1.29 is 19.0 Å². The maximum absolute atomic E-state index is 11.5. The van der Waals surface area contributed by atoms with Gasteiger partial charge in [0.1, 0.15) is 17.6 Å². The van der Waals surface area contributed by atoms with Gasteiger partial charge in [0.15, 0.2) is 0 Å². The van der Waals surface area contributed by atoms with Crippen LogP contribution >= 0.6 is 0 Å². The van der Waals surface area contributed by atoms with Crippen LogP contribution in [0.4, 0.5) is 4.79 Å². The van der Waals surface area contributed by atoms with E-state index in [9.17, 15) is 4.79 Å². The van der Waals surface area contributed by atoms with Crippen molar-refractivity contribution in [1.29, 1.82) is 0 Å². The molecule has 5 nitrogen and oxygen atoms in total. The molecule has 0 fully saturated rings. The van der Waals surface area contributed by atoms with Gasteiger partial charge in [-0.05, 0) is 85.2 Å². The Morgan fingerprint density at radius 3 is 2.40 bits per heavy atom. The van der Waals surface area contributed by atoms with E-state index in [1.165, 1.54) is 0 Å². The van der Waals surface area contributed by atoms with E-state index >= 15 is 0 Å². The summed E-state index contributed by atoms with van der Waals surface area (Å²) >= 11 is 0. The zero-order valence-corrected chi connectivity index (χ0v) is 18.9. The highest BCUT2D eigenvalue weighted by Gasteiger charge is 2.39. The quantitative estimate of drug-likeness (QED) is 0.645. The van der Waals surface area contributed by atoms with Crippen molar-refractivity contribution in [3.8, 4) is 22.6 Å². The number of carbonyl (C=O) groups excluding carboxylic acids is 1. The molecule has 5 heteroatoms. The second kappa shape index (κ2) is 8.58. The van der Waals surface area contributed by atoms with Gasteiger partial charge in [0.25, 0.3) is 0 Å². The molecule has 1 aliphatic carbocycles. The van der Waals surface area contributed by atoms with Crippen molar-refractivity contribution in [1.82, 2.24) is 0 Å². The number of nitrogens with two attached hydrogens (primary N) is 1. The number of methoxy groups -OCH3 is 1. The number of aryl methyl sites for hydroxylation is 3. The molecule has 3 rings (SSSR count). The van der Waals surface area contributed by atoms with Crippen molar-refractivity contribution >= 4 is 6.09 Å². The van der Waals surface area contributed by atoms with E-state index in [4.69, 9.17) is 19.9 Å². The molecule has 0 aromatic heterocycles. The van der Waals surface area contributed by atoms with Gasteiger partial charge in [0.05, 0.1) is 13.7 Å². The molecule has 0 saturated heterocycles. The highest BCUT2D eigenvalue weighted by molar-refractivity contribution is 5.75. The smallest absolute Gasteiger partial charge is 0.405 e. The van der Waals surface area contributed by atoms with E-state index < -0.39 is 12.2 Å². The van der Waals surface area contributed by atoms with E-state index in [2.05, 4.69) is 52.8 Å². The Labute approximate surface area is 179 Å². The van der Waals surface area contributed by atoms with Gasteiger partial charge in [-0.1, -0.05) is 20.8 Å². The number of fused-ring (bicyclic) bond motifs is 1. The summed E-state index contributed by atoms with van der Waals surface area (Å²) in [7, 11) is 1.67. The first-order valence-corrected chi connectivity index (χ1v) is 10.6. The molecule has 1 atom stereocenters. The number of primary amides is 1. The normalized spacial score (nSPS) is 17.2. The predicted molar refractivity (Wildman–Crippen MR) is 119 cm³/mol. The summed E-state index contributed by atoms with van der Waals surface area (Å²) < 4.78 is 17.2. The van der Waals surface area contributed by atoms with Crippen LogP contribution in [0.25, 0.3) is 11.1 Å². The van der Waals surface area contributed by atoms with Gasteiger partial charge in [-0.15, -0.1) is 0 Å². The zero-order valence-electron chi connectivity index (χ0n) is 18.9. The number of amides is 1. The molecule has 0 radical (unpaired) electrons. The van der Waals surface area contributed by atoms with Crippen LogP contribution in [0.5, 0.6) is 11.5 Å². The van der Waals surface area contributed by atoms with Crippen molar-refractivity contribution in [2.75, 3.05) is 13.7 Å². The summed E-state index contributed by atoms with van der Waals surface area (Å²) in [5.41, 5.74) is 11.6. The Morgan fingerprint density at radius 2 is 1.83 bits per heavy atom. The van der Waals surface area contributed by atoms with E-state index in [1.54, 1.807) is 7.11 Å². The van der Waals surface area contributed by atoms with Crippen LogP contribution in [-0.4, -0.2) is 19.8 Å². The number of carbonyl (C=O) groups is 1. The third-order valence-electron chi connectivity index (χ3n) is 5.95. The molecule has 0 saturated carbocycles. The molecule has 2 aromatic rings. The largest absolute Gasteiger partial charge is 0.496 e. The Kier molecular flexibility index (Phi) is 6.30. The van der Waals surface area contributed by atoms with Crippen molar-refractivity contribution in [2.45, 2.75) is 60.0 Å². The van der Waals surface area contributed by atoms with Gasteiger partial charge in [0, 0.05) is 11.0 Å². The molecule has 2 aromatic carbocycles. The molecular weight excluding hydrogens is 378 g/mol. The Hall–Kier alpha value is -2.69. The molecule has 30 heavy (non-hydrogen) atoms. The van der Waals surface area contributed by atoms with Crippen LogP contribution in [0.1, 0.15) is 62.0 Å². The fourth-order valence-corrected chi connectivity index (χ4v) is 4.38. The Bertz CT molecular complexity index is 925. The maximum atomic E-state index is 11.5. The van der Waals surface area contributed by atoms with E-state index in [1.807, 2.05) is 6.07 Å². The molecule has 0 aliphatic heterocycles. The summed E-state index contributed by atoms with van der Waals surface area (Å²) in [4.78, 5) is 11.5. The minimum Gasteiger partial charge on any atom is -0.496 e. The molecule has 2 N–H and O–H groups in total. The lowest BCUT2D eigenvalue weighted by molar-refractivity contribution is 0.0145. The Balaban J connectivity index is 2.09. The third kappa shape index (κ3) is 4.25. The van der Waals surface area contributed by atoms with Gasteiger partial charge in [0.2, 0.25) is 0 Å². The maximum Gasteiger partial charge on any atom is 0.405 e. The second-order valence-electron chi connectivity index (χ2n) is 8.84. The summed E-state index contributed by atoms with van der Waals surface area (Å²) in [6.45, 7) is 11.2. The summed E-state index contributed by atoms with van der Waals surface area (Å²) in [6, 6.07) is 8.46. The van der Waals surface area contributed by atoms with Crippen LogP contribution in [-0.2, 0) is 11.2 Å². The van der Waals surface area contributed by atoms with Crippen LogP contribution < -0.4 is 15.2 Å². The van der Waals surface area contributed by atoms with Gasteiger partial charge >= 0.3 is 6.09 Å². The highest BCUT2D eigenvalue weighted by Crippen LogP contribution is 2.48. The average molecular weight is 412 g/mol. The van der Waals surface area contributed by atoms with Gasteiger partial charge < -0.3 is 19.9 Å². The predicted octanol–water partition coefficient (Wildman–Crippen LogP) is 5.88. The fourth-order valence-electron chi connectivity index (χ4n) is 4.38. The van der Waals surface area contributed by atoms with Gasteiger partial charge in [-0.2, -0.15) is 0 Å². The van der Waals surface area contributed by atoms with Crippen molar-refractivity contribution in [3.63, 3.8) is 0 Å². The number of ether oxygens (including phenoxy) is 3. The fraction of sp³-hybridized carbons (Fsp3) is 0.480. The van der Waals surface area contributed by atoms with Crippen LogP contribution in [0.2, 0.25) is 0 Å². The third-order valence-corrected chi connectivity index (χ3v) is 5.95. The van der Waals surface area contributed by atoms with E-state index in [-0.39, 0.29) is 5.41 Å². The molecule has 162 valence electrons. The SMILES string of the molecule is CCCOc1c(C)cc(-c2cc3c(cc2OC)C(OC(N)=O)C(C)(C)CC3)cc1C.